The molecule has 0 saturated heterocycles. The quantitative estimate of drug-likeness (QED) is 0.665. The van der Waals surface area contributed by atoms with E-state index in [1.807, 2.05) is 43.4 Å². The predicted molar refractivity (Wildman–Crippen MR) is 107 cm³/mol. The molecule has 2 aromatic carbocycles. The molecule has 6 heteroatoms. The van der Waals surface area contributed by atoms with Crippen LogP contribution in [0, 0.1) is 0 Å². The smallest absolute Gasteiger partial charge is 0.279 e. The Morgan fingerprint density at radius 3 is 2.33 bits per heavy atom. The Morgan fingerprint density at radius 2 is 1.67 bits per heavy atom. The maximum atomic E-state index is 12.3. The molecule has 0 fully saturated rings. The van der Waals surface area contributed by atoms with E-state index in [-0.39, 0.29) is 24.9 Å². The van der Waals surface area contributed by atoms with E-state index < -0.39 is 0 Å². The van der Waals surface area contributed by atoms with Crippen molar-refractivity contribution in [1.29, 1.82) is 0 Å². The van der Waals surface area contributed by atoms with Gasteiger partial charge in [0, 0.05) is 17.4 Å². The van der Waals surface area contributed by atoms with Gasteiger partial charge in [-0.15, -0.1) is 0 Å². The standard InChI is InChI=1S/C21H27N3O3/c1-15(2)18-10-5-6-11-19(18)23-21(26)14-24(3)13-20(25)22-16-8-7-9-17(12-16)27-4/h5-12,15H,13-14H2,1-4H3,(H,22,25)(H,23,26)/p+1. The molecular formula is C21H28N3O3+. The van der Waals surface area contributed by atoms with Gasteiger partial charge in [0.1, 0.15) is 5.75 Å². The third-order valence-electron chi connectivity index (χ3n) is 4.14. The second-order valence-electron chi connectivity index (χ2n) is 6.88. The molecule has 0 heterocycles. The van der Waals surface area contributed by atoms with Crippen LogP contribution in [0.1, 0.15) is 25.3 Å². The molecule has 0 radical (unpaired) electrons. The third-order valence-corrected chi connectivity index (χ3v) is 4.14. The van der Waals surface area contributed by atoms with Gasteiger partial charge in [-0.2, -0.15) is 0 Å². The van der Waals surface area contributed by atoms with Crippen LogP contribution in [0.2, 0.25) is 0 Å². The number of methoxy groups -OCH3 is 1. The van der Waals surface area contributed by atoms with E-state index in [2.05, 4.69) is 24.5 Å². The van der Waals surface area contributed by atoms with E-state index in [0.717, 1.165) is 16.2 Å². The minimum atomic E-state index is -0.156. The van der Waals surface area contributed by atoms with Crippen molar-refractivity contribution in [2.75, 3.05) is 37.9 Å². The minimum Gasteiger partial charge on any atom is -0.497 e. The number of para-hydroxylation sites is 1. The number of carbonyl (C=O) groups excluding carboxylic acids is 2. The summed E-state index contributed by atoms with van der Waals surface area (Å²) in [7, 11) is 3.40. The van der Waals surface area contributed by atoms with Crippen LogP contribution in [0.4, 0.5) is 11.4 Å². The number of hydrogen-bond acceptors (Lipinski definition) is 3. The topological polar surface area (TPSA) is 71.9 Å². The summed E-state index contributed by atoms with van der Waals surface area (Å²) in [6.07, 6.45) is 0. The molecule has 2 rings (SSSR count). The minimum absolute atomic E-state index is 0.116. The van der Waals surface area contributed by atoms with Crippen LogP contribution in [0.25, 0.3) is 0 Å². The van der Waals surface area contributed by atoms with Gasteiger partial charge in [-0.05, 0) is 29.7 Å². The zero-order chi connectivity index (χ0) is 19.8. The number of nitrogens with one attached hydrogen (secondary N) is 3. The number of carbonyl (C=O) groups is 2. The van der Waals surface area contributed by atoms with Crippen LogP contribution >= 0.6 is 0 Å². The molecule has 144 valence electrons. The van der Waals surface area contributed by atoms with Gasteiger partial charge in [0.2, 0.25) is 0 Å². The number of rotatable bonds is 8. The molecule has 27 heavy (non-hydrogen) atoms. The zero-order valence-corrected chi connectivity index (χ0v) is 16.3. The largest absolute Gasteiger partial charge is 0.497 e. The highest BCUT2D eigenvalue weighted by molar-refractivity contribution is 5.93. The van der Waals surface area contributed by atoms with Gasteiger partial charge in [0.25, 0.3) is 11.8 Å². The second kappa shape index (κ2) is 9.73. The van der Waals surface area contributed by atoms with Gasteiger partial charge in [0.05, 0.1) is 14.2 Å². The van der Waals surface area contributed by atoms with Gasteiger partial charge in [-0.25, -0.2) is 0 Å². The Hall–Kier alpha value is -2.86. The van der Waals surface area contributed by atoms with Gasteiger partial charge in [0.15, 0.2) is 13.1 Å². The fourth-order valence-electron chi connectivity index (χ4n) is 2.83. The van der Waals surface area contributed by atoms with Crippen LogP contribution in [-0.2, 0) is 9.59 Å². The Bertz CT molecular complexity index is 790. The first kappa shape index (κ1) is 20.5. The van der Waals surface area contributed by atoms with Crippen molar-refractivity contribution in [3.8, 4) is 5.75 Å². The second-order valence-corrected chi connectivity index (χ2v) is 6.88. The molecule has 0 aliphatic carbocycles. The molecule has 6 nitrogen and oxygen atoms in total. The highest BCUT2D eigenvalue weighted by atomic mass is 16.5. The monoisotopic (exact) mass is 370 g/mol. The summed E-state index contributed by atoms with van der Waals surface area (Å²) in [5, 5.41) is 5.78. The number of likely N-dealkylation sites (N-methyl/N-ethyl adjacent to an activating group) is 1. The van der Waals surface area contributed by atoms with Gasteiger partial charge >= 0.3 is 0 Å². The number of quaternary nitrogens is 1. The summed E-state index contributed by atoms with van der Waals surface area (Å²) in [4.78, 5) is 25.3. The maximum absolute atomic E-state index is 12.3. The summed E-state index contributed by atoms with van der Waals surface area (Å²) < 4.78 is 5.14. The Balaban J connectivity index is 1.86. The van der Waals surface area contributed by atoms with Crippen molar-refractivity contribution in [1.82, 2.24) is 0 Å². The molecule has 0 saturated carbocycles. The highest BCUT2D eigenvalue weighted by Gasteiger charge is 2.16. The summed E-state index contributed by atoms with van der Waals surface area (Å²) in [5.41, 5.74) is 2.59. The summed E-state index contributed by atoms with van der Waals surface area (Å²) >= 11 is 0. The van der Waals surface area contributed by atoms with E-state index >= 15 is 0 Å². The lowest BCUT2D eigenvalue weighted by Gasteiger charge is -2.16. The Morgan fingerprint density at radius 1 is 1.00 bits per heavy atom. The molecule has 3 N–H and O–H groups in total. The Kier molecular flexibility index (Phi) is 7.37. The predicted octanol–water partition coefficient (Wildman–Crippen LogP) is 1.91. The van der Waals surface area contributed by atoms with Crippen molar-refractivity contribution in [3.63, 3.8) is 0 Å². The molecule has 0 aromatic heterocycles. The number of anilines is 2. The molecule has 0 spiro atoms. The van der Waals surface area contributed by atoms with Crippen molar-refractivity contribution < 1.29 is 19.2 Å². The van der Waals surface area contributed by atoms with E-state index in [1.54, 1.807) is 19.2 Å². The average molecular weight is 370 g/mol. The van der Waals surface area contributed by atoms with Crippen LogP contribution in [0.3, 0.4) is 0 Å². The summed E-state index contributed by atoms with van der Waals surface area (Å²) in [5.74, 6) is 0.725. The van der Waals surface area contributed by atoms with E-state index in [4.69, 9.17) is 4.74 Å². The fourth-order valence-corrected chi connectivity index (χ4v) is 2.83. The van der Waals surface area contributed by atoms with Gasteiger partial charge in [-0.1, -0.05) is 38.1 Å². The fraction of sp³-hybridized carbons (Fsp3) is 0.333. The van der Waals surface area contributed by atoms with Crippen molar-refractivity contribution in [2.45, 2.75) is 19.8 Å². The van der Waals surface area contributed by atoms with Crippen molar-refractivity contribution in [2.24, 2.45) is 0 Å². The van der Waals surface area contributed by atoms with Crippen molar-refractivity contribution >= 4 is 23.2 Å². The first-order valence-electron chi connectivity index (χ1n) is 9.03. The Labute approximate surface area is 160 Å². The van der Waals surface area contributed by atoms with Crippen LogP contribution < -0.4 is 20.3 Å². The van der Waals surface area contributed by atoms with E-state index in [1.165, 1.54) is 0 Å². The van der Waals surface area contributed by atoms with Gasteiger partial charge < -0.3 is 20.3 Å². The normalized spacial score (nSPS) is 11.7. The molecular weight excluding hydrogens is 342 g/mol. The average Bonchev–Trinajstić information content (AvgIpc) is 2.61. The molecule has 1 atom stereocenters. The number of ether oxygens (including phenoxy) is 1. The SMILES string of the molecule is COc1cccc(NC(=O)C[NH+](C)CC(=O)Nc2ccccc2C(C)C)c1. The molecule has 0 bridgehead atoms. The molecule has 2 aromatic rings. The van der Waals surface area contributed by atoms with E-state index in [9.17, 15) is 9.59 Å². The van der Waals surface area contributed by atoms with Crippen LogP contribution in [-0.4, -0.2) is 39.1 Å². The van der Waals surface area contributed by atoms with Crippen LogP contribution in [0.15, 0.2) is 48.5 Å². The lowest BCUT2D eigenvalue weighted by Crippen LogP contribution is -3.11. The van der Waals surface area contributed by atoms with Crippen LogP contribution in [0.5, 0.6) is 5.75 Å². The number of hydrogen-bond donors (Lipinski definition) is 3. The number of benzene rings is 2. The van der Waals surface area contributed by atoms with Gasteiger partial charge in [-0.3, -0.25) is 9.59 Å². The molecule has 0 aliphatic rings. The number of amides is 2. The van der Waals surface area contributed by atoms with E-state index in [0.29, 0.717) is 17.4 Å². The lowest BCUT2D eigenvalue weighted by molar-refractivity contribution is -0.862. The maximum Gasteiger partial charge on any atom is 0.279 e. The molecule has 1 unspecified atom stereocenters. The van der Waals surface area contributed by atoms with Crippen molar-refractivity contribution in [3.05, 3.63) is 54.1 Å². The third kappa shape index (κ3) is 6.42. The first-order chi connectivity index (χ1) is 12.9. The lowest BCUT2D eigenvalue weighted by atomic mass is 10.0. The summed E-state index contributed by atoms with van der Waals surface area (Å²) in [6, 6.07) is 15.0. The zero-order valence-electron chi connectivity index (χ0n) is 16.3. The molecule has 2 amide bonds. The first-order valence-corrected chi connectivity index (χ1v) is 9.03. The molecule has 0 aliphatic heterocycles. The highest BCUT2D eigenvalue weighted by Crippen LogP contribution is 2.23. The summed E-state index contributed by atoms with van der Waals surface area (Å²) in [6.45, 7) is 4.57.